The molecule has 5 N–H and O–H groups in total. The number of benzene rings is 2. The van der Waals surface area contributed by atoms with E-state index in [4.69, 9.17) is 0 Å². The highest BCUT2D eigenvalue weighted by Crippen LogP contribution is 2.24. The summed E-state index contributed by atoms with van der Waals surface area (Å²) in [5.41, 5.74) is 2.35. The number of nitrogens with zero attached hydrogens (tertiary/aromatic N) is 4. The molecular formula is C39H47N9O6S. The van der Waals surface area contributed by atoms with Crippen molar-refractivity contribution in [1.82, 2.24) is 46.0 Å². The number of imidazole rings is 1. The van der Waals surface area contributed by atoms with E-state index in [9.17, 15) is 28.8 Å². The number of likely N-dealkylation sites (N-methyl/N-ethyl adjacent to an activating group) is 1. The fourth-order valence-corrected chi connectivity index (χ4v) is 6.89. The number of carbonyl (C=O) groups excluding carboxylic acids is 6. The minimum Gasteiger partial charge on any atom is -0.345 e. The Morgan fingerprint density at radius 2 is 1.53 bits per heavy atom. The molecule has 15 nitrogen and oxygen atoms in total. The zero-order chi connectivity index (χ0) is 39.8. The molecule has 3 heterocycles. The largest absolute Gasteiger partial charge is 0.345 e. The average Bonchev–Trinajstić information content (AvgIpc) is 3.82. The van der Waals surface area contributed by atoms with Crippen molar-refractivity contribution in [3.05, 3.63) is 93.7 Å². The van der Waals surface area contributed by atoms with Gasteiger partial charge in [0.1, 0.15) is 40.3 Å². The maximum absolute atomic E-state index is 14.2. The summed E-state index contributed by atoms with van der Waals surface area (Å²) in [5, 5.41) is 13.0. The van der Waals surface area contributed by atoms with Gasteiger partial charge in [0.05, 0.1) is 12.6 Å². The number of aryl methyl sites for hydroxylation is 1. The molecule has 16 heteroatoms. The predicted molar refractivity (Wildman–Crippen MR) is 207 cm³/mol. The molecule has 4 atom stereocenters. The zero-order valence-electron chi connectivity index (χ0n) is 31.7. The van der Waals surface area contributed by atoms with Gasteiger partial charge in [-0.25, -0.2) is 9.97 Å². The monoisotopic (exact) mass is 769 g/mol. The Bertz CT molecular complexity index is 2020. The number of fused-ring (bicyclic) bond motifs is 2. The van der Waals surface area contributed by atoms with Gasteiger partial charge in [0.2, 0.25) is 23.6 Å². The van der Waals surface area contributed by atoms with Gasteiger partial charge in [0, 0.05) is 36.8 Å². The summed E-state index contributed by atoms with van der Waals surface area (Å²) in [5.74, 6) is -3.13. The van der Waals surface area contributed by atoms with Crippen LogP contribution in [0.1, 0.15) is 71.0 Å². The van der Waals surface area contributed by atoms with Gasteiger partial charge in [-0.05, 0) is 38.7 Å². The van der Waals surface area contributed by atoms with Crippen LogP contribution in [-0.2, 0) is 25.6 Å². The topological polar surface area (TPSA) is 199 Å². The van der Waals surface area contributed by atoms with E-state index in [1.165, 1.54) is 35.0 Å². The van der Waals surface area contributed by atoms with Gasteiger partial charge in [0.25, 0.3) is 11.8 Å². The van der Waals surface area contributed by atoms with Gasteiger partial charge in [0.15, 0.2) is 0 Å². The van der Waals surface area contributed by atoms with E-state index in [2.05, 4.69) is 36.2 Å². The Kier molecular flexibility index (Phi) is 13.1. The third-order valence-corrected chi connectivity index (χ3v) is 10.2. The molecule has 290 valence electrons. The van der Waals surface area contributed by atoms with Gasteiger partial charge in [-0.3, -0.25) is 28.8 Å². The molecule has 0 spiro atoms. The quantitative estimate of drug-likeness (QED) is 0.204. The van der Waals surface area contributed by atoms with Crippen molar-refractivity contribution in [3.63, 3.8) is 0 Å². The highest BCUT2D eigenvalue weighted by atomic mass is 32.1. The Balaban J connectivity index is 1.49. The highest BCUT2D eigenvalue weighted by Gasteiger charge is 2.32. The van der Waals surface area contributed by atoms with E-state index >= 15 is 0 Å². The van der Waals surface area contributed by atoms with Gasteiger partial charge < -0.3 is 36.1 Å². The molecule has 5 rings (SSSR count). The summed E-state index contributed by atoms with van der Waals surface area (Å²) in [6, 6.07) is 15.1. The van der Waals surface area contributed by atoms with Crippen LogP contribution in [0.3, 0.4) is 0 Å². The van der Waals surface area contributed by atoms with Crippen molar-refractivity contribution in [2.75, 3.05) is 26.7 Å². The summed E-state index contributed by atoms with van der Waals surface area (Å²) < 4.78 is 0. The number of thiazole rings is 1. The molecule has 1 aliphatic rings. The SMILES string of the molecule is Cc1[nH]c(-c2ccccc2)nc1C(=O)N1CCN(C)C(=O)[C@@H](C)NC(=O)[C@H](C(C)C)NC(=O)[C@H](C)NC(=O)c2csc(n2)[C@H](Cc2ccccc2)NC(=O)C1. The van der Waals surface area contributed by atoms with Gasteiger partial charge in [-0.2, -0.15) is 0 Å². The fourth-order valence-electron chi connectivity index (χ4n) is 6.04. The van der Waals surface area contributed by atoms with Crippen LogP contribution in [0.2, 0.25) is 0 Å². The third kappa shape index (κ3) is 10.2. The summed E-state index contributed by atoms with van der Waals surface area (Å²) in [6.45, 7) is 7.83. The molecule has 0 radical (unpaired) electrons. The lowest BCUT2D eigenvalue weighted by atomic mass is 10.0. The number of hydrogen-bond acceptors (Lipinski definition) is 9. The Labute approximate surface area is 323 Å². The van der Waals surface area contributed by atoms with Gasteiger partial charge in [-0.1, -0.05) is 74.5 Å². The first-order valence-corrected chi connectivity index (χ1v) is 19.0. The van der Waals surface area contributed by atoms with Crippen LogP contribution in [0.25, 0.3) is 11.4 Å². The van der Waals surface area contributed by atoms with Crippen molar-refractivity contribution in [3.8, 4) is 11.4 Å². The number of aromatic nitrogens is 3. The summed E-state index contributed by atoms with van der Waals surface area (Å²) >= 11 is 1.17. The second-order valence-corrected chi connectivity index (χ2v) is 14.8. The van der Waals surface area contributed by atoms with E-state index in [-0.39, 0.29) is 36.9 Å². The first-order chi connectivity index (χ1) is 26.2. The van der Waals surface area contributed by atoms with Crippen molar-refractivity contribution < 1.29 is 28.8 Å². The van der Waals surface area contributed by atoms with Crippen LogP contribution in [0.15, 0.2) is 66.0 Å². The van der Waals surface area contributed by atoms with Crippen LogP contribution in [0.5, 0.6) is 0 Å². The molecule has 2 aromatic heterocycles. The average molecular weight is 770 g/mol. The predicted octanol–water partition coefficient (Wildman–Crippen LogP) is 2.62. The minimum absolute atomic E-state index is 0.0198. The molecule has 0 fully saturated rings. The lowest BCUT2D eigenvalue weighted by molar-refractivity contribution is -0.136. The summed E-state index contributed by atoms with van der Waals surface area (Å²) in [4.78, 5) is 96.5. The number of nitrogens with one attached hydrogen (secondary N) is 5. The van der Waals surface area contributed by atoms with E-state index in [0.717, 1.165) is 11.1 Å². The van der Waals surface area contributed by atoms with Crippen LogP contribution >= 0.6 is 11.3 Å². The van der Waals surface area contributed by atoms with Gasteiger partial charge >= 0.3 is 0 Å². The lowest BCUT2D eigenvalue weighted by Gasteiger charge is -2.29. The smallest absolute Gasteiger partial charge is 0.274 e. The Hall–Kier alpha value is -5.90. The van der Waals surface area contributed by atoms with Crippen LogP contribution in [-0.4, -0.2) is 105 Å². The van der Waals surface area contributed by atoms with Crippen molar-refractivity contribution in [2.45, 2.75) is 65.2 Å². The van der Waals surface area contributed by atoms with Gasteiger partial charge in [-0.15, -0.1) is 11.3 Å². The second-order valence-electron chi connectivity index (χ2n) is 13.9. The number of hydrogen-bond donors (Lipinski definition) is 5. The molecule has 0 unspecified atom stereocenters. The van der Waals surface area contributed by atoms with E-state index in [0.29, 0.717) is 22.9 Å². The summed E-state index contributed by atoms with van der Waals surface area (Å²) in [6.07, 6.45) is 0.333. The maximum Gasteiger partial charge on any atom is 0.274 e. The number of carbonyl (C=O) groups is 6. The standard InChI is InChI=1S/C39H47N9O6S/c1-22(2)31-36(52)42-25(5)38(53)47(6)17-18-48(39(54)32-23(3)40-33(45-32)27-15-11-8-12-16-27)20-30(49)43-28(19-26-13-9-7-10-14-26)37-44-29(21-55-37)35(51)41-24(4)34(50)46-31/h7-16,21-22,24-25,28,31H,17-20H2,1-6H3,(H,40,45)(H,41,51)(H,42,52)(H,43,49)(H,46,50)/t24-,25+,28-,31-/m0/s1. The van der Waals surface area contributed by atoms with Crippen LogP contribution in [0, 0.1) is 12.8 Å². The Morgan fingerprint density at radius 3 is 2.20 bits per heavy atom. The number of amides is 6. The normalized spacial score (nSPS) is 21.0. The number of aromatic amines is 1. The molecule has 0 saturated heterocycles. The molecule has 4 aromatic rings. The fraction of sp³-hybridized carbons (Fsp3) is 0.385. The van der Waals surface area contributed by atoms with E-state index in [1.807, 2.05) is 60.7 Å². The minimum atomic E-state index is -1.03. The molecular weight excluding hydrogens is 723 g/mol. The van der Waals surface area contributed by atoms with E-state index < -0.39 is 59.6 Å². The molecule has 55 heavy (non-hydrogen) atoms. The van der Waals surface area contributed by atoms with Crippen LogP contribution in [0.4, 0.5) is 0 Å². The molecule has 1 aliphatic heterocycles. The first-order valence-electron chi connectivity index (χ1n) is 18.1. The summed E-state index contributed by atoms with van der Waals surface area (Å²) in [7, 11) is 1.54. The highest BCUT2D eigenvalue weighted by molar-refractivity contribution is 7.09. The van der Waals surface area contributed by atoms with Crippen molar-refractivity contribution >= 4 is 46.8 Å². The van der Waals surface area contributed by atoms with E-state index in [1.54, 1.807) is 33.2 Å². The molecule has 0 aliphatic carbocycles. The second kappa shape index (κ2) is 18.0. The molecule has 0 saturated carbocycles. The molecule has 6 amide bonds. The first kappa shape index (κ1) is 40.3. The Morgan fingerprint density at radius 1 is 0.855 bits per heavy atom. The van der Waals surface area contributed by atoms with Crippen molar-refractivity contribution in [1.29, 1.82) is 0 Å². The molecule has 2 bridgehead atoms. The zero-order valence-corrected chi connectivity index (χ0v) is 32.5. The maximum atomic E-state index is 14.2. The van der Waals surface area contributed by atoms with Crippen LogP contribution < -0.4 is 21.3 Å². The third-order valence-electron chi connectivity index (χ3n) is 9.23. The number of H-pyrrole nitrogens is 1. The van der Waals surface area contributed by atoms with Crippen molar-refractivity contribution in [2.24, 2.45) is 5.92 Å². The molecule has 2 aromatic carbocycles. The lowest BCUT2D eigenvalue weighted by Crippen LogP contribution is -2.57. The number of rotatable bonds is 5.